The smallest absolute Gasteiger partial charge is 0.279 e. The van der Waals surface area contributed by atoms with Crippen LogP contribution in [0.2, 0.25) is 0 Å². The van der Waals surface area contributed by atoms with Crippen molar-refractivity contribution in [2.24, 2.45) is 5.92 Å². The van der Waals surface area contributed by atoms with Gasteiger partial charge in [0, 0.05) is 20.1 Å². The number of thioether (sulfide) groups is 1. The average molecular weight is 310 g/mol. The van der Waals surface area contributed by atoms with Crippen molar-refractivity contribution in [2.45, 2.75) is 26.2 Å². The van der Waals surface area contributed by atoms with E-state index in [4.69, 9.17) is 0 Å². The Morgan fingerprint density at radius 2 is 2.00 bits per heavy atom. The van der Waals surface area contributed by atoms with Crippen molar-refractivity contribution in [3.63, 3.8) is 0 Å². The van der Waals surface area contributed by atoms with Crippen molar-refractivity contribution in [3.8, 4) is 0 Å². The molecule has 1 aliphatic heterocycles. The molecule has 0 atom stereocenters. The molecular formula is C12H27N3O2S2. The van der Waals surface area contributed by atoms with Gasteiger partial charge in [-0.15, -0.1) is 0 Å². The van der Waals surface area contributed by atoms with Gasteiger partial charge >= 0.3 is 0 Å². The summed E-state index contributed by atoms with van der Waals surface area (Å²) in [5, 5.41) is 3.19. The van der Waals surface area contributed by atoms with E-state index in [0.717, 1.165) is 43.9 Å². The zero-order chi connectivity index (χ0) is 14.1. The molecule has 0 aromatic rings. The lowest BCUT2D eigenvalue weighted by Crippen LogP contribution is -2.41. The molecule has 5 nitrogen and oxygen atoms in total. The highest BCUT2D eigenvalue weighted by Gasteiger charge is 2.20. The molecule has 2 N–H and O–H groups in total. The van der Waals surface area contributed by atoms with Gasteiger partial charge in [0.25, 0.3) is 10.2 Å². The molecule has 1 rings (SSSR count). The Morgan fingerprint density at radius 3 is 2.63 bits per heavy atom. The third-order valence-corrected chi connectivity index (χ3v) is 5.97. The molecule has 7 heteroatoms. The molecule has 0 aliphatic carbocycles. The molecule has 0 radical (unpaired) electrons. The van der Waals surface area contributed by atoms with Crippen LogP contribution >= 0.6 is 11.8 Å². The monoisotopic (exact) mass is 309 g/mol. The fourth-order valence-corrected chi connectivity index (χ4v) is 4.25. The Hall–Kier alpha value is 0.180. The van der Waals surface area contributed by atoms with E-state index in [1.54, 1.807) is 7.05 Å². The highest BCUT2D eigenvalue weighted by Crippen LogP contribution is 2.22. The molecule has 0 aromatic carbocycles. The molecule has 0 saturated carbocycles. The molecule has 0 aromatic heterocycles. The molecule has 0 bridgehead atoms. The van der Waals surface area contributed by atoms with Gasteiger partial charge in [0.15, 0.2) is 0 Å². The summed E-state index contributed by atoms with van der Waals surface area (Å²) in [5.41, 5.74) is 0. The molecular weight excluding hydrogens is 282 g/mol. The zero-order valence-electron chi connectivity index (χ0n) is 12.0. The van der Waals surface area contributed by atoms with Crippen molar-refractivity contribution in [3.05, 3.63) is 0 Å². The van der Waals surface area contributed by atoms with Crippen LogP contribution in [0.3, 0.4) is 0 Å². The highest BCUT2D eigenvalue weighted by atomic mass is 32.2. The van der Waals surface area contributed by atoms with Crippen molar-refractivity contribution < 1.29 is 8.42 Å². The first-order chi connectivity index (χ1) is 9.06. The van der Waals surface area contributed by atoms with Crippen LogP contribution in [0.5, 0.6) is 0 Å². The fraction of sp³-hybridized carbons (Fsp3) is 1.00. The summed E-state index contributed by atoms with van der Waals surface area (Å²) in [7, 11) is -1.65. The Morgan fingerprint density at radius 1 is 1.32 bits per heavy atom. The Balaban J connectivity index is 2.24. The van der Waals surface area contributed by atoms with Gasteiger partial charge < -0.3 is 5.32 Å². The molecule has 0 amide bonds. The largest absolute Gasteiger partial charge is 0.317 e. The minimum Gasteiger partial charge on any atom is -0.317 e. The topological polar surface area (TPSA) is 61.4 Å². The lowest BCUT2D eigenvalue weighted by molar-refractivity contribution is 0.427. The normalized spacial score (nSPS) is 18.1. The predicted octanol–water partition coefficient (Wildman–Crippen LogP) is 0.895. The summed E-state index contributed by atoms with van der Waals surface area (Å²) >= 11 is 1.96. The first-order valence-corrected chi connectivity index (χ1v) is 9.65. The molecule has 19 heavy (non-hydrogen) atoms. The SMILES string of the molecule is CCNCCCN(C)S(=O)(=O)NCC1CCSCC1. The summed E-state index contributed by atoms with van der Waals surface area (Å²) in [4.78, 5) is 0. The maximum atomic E-state index is 12.0. The van der Waals surface area contributed by atoms with Crippen molar-refractivity contribution in [1.29, 1.82) is 0 Å². The number of hydrogen-bond donors (Lipinski definition) is 2. The van der Waals surface area contributed by atoms with Gasteiger partial charge in [0.05, 0.1) is 0 Å². The molecule has 1 aliphatic rings. The van der Waals surface area contributed by atoms with E-state index in [9.17, 15) is 8.42 Å². The van der Waals surface area contributed by atoms with Crippen LogP contribution in [-0.4, -0.2) is 57.5 Å². The average Bonchev–Trinajstić information content (AvgIpc) is 2.42. The minimum atomic E-state index is -3.30. The van der Waals surface area contributed by atoms with Gasteiger partial charge in [-0.25, -0.2) is 4.72 Å². The van der Waals surface area contributed by atoms with Crippen molar-refractivity contribution >= 4 is 22.0 Å². The van der Waals surface area contributed by atoms with Gasteiger partial charge in [-0.3, -0.25) is 0 Å². The highest BCUT2D eigenvalue weighted by molar-refractivity contribution is 7.99. The summed E-state index contributed by atoms with van der Waals surface area (Å²) in [5.74, 6) is 2.82. The Bertz CT molecular complexity index is 330. The van der Waals surface area contributed by atoms with Crippen LogP contribution in [0.25, 0.3) is 0 Å². The second-order valence-electron chi connectivity index (χ2n) is 4.94. The van der Waals surface area contributed by atoms with Crippen LogP contribution < -0.4 is 10.0 Å². The van der Waals surface area contributed by atoms with E-state index in [-0.39, 0.29) is 0 Å². The molecule has 0 spiro atoms. The van der Waals surface area contributed by atoms with Crippen LogP contribution in [0.15, 0.2) is 0 Å². The standard InChI is InChI=1S/C12H27N3O2S2/c1-3-13-7-4-8-15(2)19(16,17)14-11-12-5-9-18-10-6-12/h12-14H,3-11H2,1-2H3. The first-order valence-electron chi connectivity index (χ1n) is 7.05. The van der Waals surface area contributed by atoms with Crippen LogP contribution in [0.1, 0.15) is 26.2 Å². The molecule has 114 valence electrons. The zero-order valence-corrected chi connectivity index (χ0v) is 13.7. The molecule has 1 fully saturated rings. The van der Waals surface area contributed by atoms with Gasteiger partial charge in [0.1, 0.15) is 0 Å². The van der Waals surface area contributed by atoms with E-state index in [1.807, 2.05) is 18.7 Å². The maximum absolute atomic E-state index is 12.0. The third-order valence-electron chi connectivity index (χ3n) is 3.38. The molecule has 1 heterocycles. The lowest BCUT2D eigenvalue weighted by atomic mass is 10.0. The van der Waals surface area contributed by atoms with E-state index >= 15 is 0 Å². The van der Waals surface area contributed by atoms with E-state index in [0.29, 0.717) is 19.0 Å². The van der Waals surface area contributed by atoms with Gasteiger partial charge in [-0.1, -0.05) is 6.92 Å². The van der Waals surface area contributed by atoms with Gasteiger partial charge in [0.2, 0.25) is 0 Å². The number of rotatable bonds is 9. The quantitative estimate of drug-likeness (QED) is 0.621. The van der Waals surface area contributed by atoms with E-state index in [2.05, 4.69) is 10.0 Å². The Labute approximate surface area is 122 Å². The molecule has 1 saturated heterocycles. The maximum Gasteiger partial charge on any atom is 0.279 e. The third kappa shape index (κ3) is 6.94. The summed E-state index contributed by atoms with van der Waals surface area (Å²) < 4.78 is 28.2. The lowest BCUT2D eigenvalue weighted by Gasteiger charge is -2.23. The van der Waals surface area contributed by atoms with Gasteiger partial charge in [-0.05, 0) is 49.8 Å². The predicted molar refractivity (Wildman–Crippen MR) is 82.8 cm³/mol. The second-order valence-corrected chi connectivity index (χ2v) is 8.02. The second kappa shape index (κ2) is 9.18. The minimum absolute atomic E-state index is 0.506. The summed E-state index contributed by atoms with van der Waals surface area (Å²) in [6.07, 6.45) is 3.08. The number of nitrogens with one attached hydrogen (secondary N) is 2. The van der Waals surface area contributed by atoms with Crippen molar-refractivity contribution in [2.75, 3.05) is 44.7 Å². The number of hydrogen-bond acceptors (Lipinski definition) is 4. The molecule has 0 unspecified atom stereocenters. The first kappa shape index (κ1) is 17.2. The van der Waals surface area contributed by atoms with Gasteiger partial charge in [-0.2, -0.15) is 24.5 Å². The van der Waals surface area contributed by atoms with Crippen LogP contribution in [0.4, 0.5) is 0 Å². The Kier molecular flexibility index (Phi) is 8.32. The summed E-state index contributed by atoms with van der Waals surface area (Å²) in [6.45, 7) is 4.97. The van der Waals surface area contributed by atoms with Crippen LogP contribution in [0, 0.1) is 5.92 Å². The van der Waals surface area contributed by atoms with E-state index in [1.165, 1.54) is 4.31 Å². The van der Waals surface area contributed by atoms with Crippen molar-refractivity contribution in [1.82, 2.24) is 14.3 Å². The fourth-order valence-electron chi connectivity index (χ4n) is 2.01. The number of nitrogens with zero attached hydrogens (tertiary/aromatic N) is 1. The van der Waals surface area contributed by atoms with Crippen LogP contribution in [-0.2, 0) is 10.2 Å². The summed E-state index contributed by atoms with van der Waals surface area (Å²) in [6, 6.07) is 0. The van der Waals surface area contributed by atoms with E-state index < -0.39 is 10.2 Å².